The van der Waals surface area contributed by atoms with Gasteiger partial charge in [-0.3, -0.25) is 9.62 Å². The molecule has 306 valence electrons. The summed E-state index contributed by atoms with van der Waals surface area (Å²) in [4.78, 5) is 15.9. The Morgan fingerprint density at radius 3 is 2.38 bits per heavy atom. The van der Waals surface area contributed by atoms with E-state index in [4.69, 9.17) is 37.4 Å². The smallest absolute Gasteiger partial charge is 0.387 e. The summed E-state index contributed by atoms with van der Waals surface area (Å²) < 4.78 is 105. The molecule has 6 rings (SSSR count). The standard InChI is InChI=1S/C35H40Cl2F2N4O10S3/c36-28-20-42(45)21-29(37)27(28)19-31(24-4-9-30(53-35(38)39)32(18-24)51-22-23-2-3-23)52-34(44)33-43(13-16-54-33)56(48,49)26-7-5-25(6-8-26)40-55(46,47)17-1-10-41-11-14-50-15-12-41/h4-9,18,20-21,23,31,33,35,40H,1-3,10-17,19,22H2/t31-,33?/m0/s1. The molecule has 2 aliphatic heterocycles. The number of ether oxygens (including phenoxy) is 4. The Bertz CT molecular complexity index is 2050. The molecule has 1 aromatic heterocycles. The number of morpholine rings is 1. The van der Waals surface area contributed by atoms with E-state index in [1.807, 2.05) is 0 Å². The van der Waals surface area contributed by atoms with Crippen molar-refractivity contribution >= 4 is 66.7 Å². The van der Waals surface area contributed by atoms with Crippen molar-refractivity contribution < 1.29 is 54.1 Å². The average Bonchev–Trinajstić information content (AvgIpc) is 3.83. The van der Waals surface area contributed by atoms with Gasteiger partial charge in [0.25, 0.3) is 0 Å². The maximum Gasteiger partial charge on any atom is 0.387 e. The molecule has 2 atom stereocenters. The molecular formula is C35H40Cl2F2N4O10S3. The summed E-state index contributed by atoms with van der Waals surface area (Å²) >= 11 is 13.8. The van der Waals surface area contributed by atoms with Crippen LogP contribution in [0.4, 0.5) is 14.5 Å². The molecule has 1 N–H and O–H groups in total. The third-order valence-corrected chi connectivity index (χ3v) is 14.4. The van der Waals surface area contributed by atoms with Crippen molar-refractivity contribution in [1.82, 2.24) is 9.21 Å². The number of nitrogens with one attached hydrogen (secondary N) is 1. The lowest BCUT2D eigenvalue weighted by molar-refractivity contribution is -0.605. The van der Waals surface area contributed by atoms with Crippen LogP contribution in [0.25, 0.3) is 0 Å². The molecule has 2 aromatic carbocycles. The molecule has 14 nitrogen and oxygen atoms in total. The van der Waals surface area contributed by atoms with Crippen molar-refractivity contribution in [2.75, 3.05) is 62.2 Å². The Hall–Kier alpha value is -3.17. The van der Waals surface area contributed by atoms with E-state index in [0.29, 0.717) is 30.9 Å². The van der Waals surface area contributed by atoms with Crippen LogP contribution in [0.3, 0.4) is 0 Å². The van der Waals surface area contributed by atoms with Gasteiger partial charge in [-0.1, -0.05) is 29.3 Å². The second-order valence-corrected chi connectivity index (χ2v) is 19.1. The Labute approximate surface area is 338 Å². The molecule has 21 heteroatoms. The zero-order chi connectivity index (χ0) is 40.0. The molecule has 0 spiro atoms. The molecule has 0 radical (unpaired) electrons. The number of sulfonamides is 2. The van der Waals surface area contributed by atoms with Crippen molar-refractivity contribution in [3.63, 3.8) is 0 Å². The topological polar surface area (TPSA) is 168 Å². The number of alkyl halides is 2. The third kappa shape index (κ3) is 11.3. The molecule has 0 bridgehead atoms. The summed E-state index contributed by atoms with van der Waals surface area (Å²) in [6, 6.07) is 9.22. The van der Waals surface area contributed by atoms with Gasteiger partial charge in [0.05, 0.1) is 30.5 Å². The highest BCUT2D eigenvalue weighted by molar-refractivity contribution is 8.02. The number of aromatic nitrogens is 1. The second-order valence-electron chi connectivity index (χ2n) is 13.4. The largest absolute Gasteiger partial charge is 0.619 e. The third-order valence-electron chi connectivity index (χ3n) is 9.21. The predicted molar refractivity (Wildman–Crippen MR) is 205 cm³/mol. The van der Waals surface area contributed by atoms with Gasteiger partial charge in [0.15, 0.2) is 29.3 Å². The van der Waals surface area contributed by atoms with Gasteiger partial charge in [0, 0.05) is 43.1 Å². The van der Waals surface area contributed by atoms with Gasteiger partial charge in [-0.25, -0.2) is 21.6 Å². The molecule has 1 saturated carbocycles. The summed E-state index contributed by atoms with van der Waals surface area (Å²) in [6.45, 7) is 0.382. The first-order valence-electron chi connectivity index (χ1n) is 17.7. The number of carbonyl (C=O) groups is 1. The Balaban J connectivity index is 1.18. The molecule has 56 heavy (non-hydrogen) atoms. The molecule has 3 heterocycles. The van der Waals surface area contributed by atoms with Crippen LogP contribution in [0, 0.1) is 11.1 Å². The van der Waals surface area contributed by atoms with E-state index in [9.17, 15) is 35.6 Å². The maximum absolute atomic E-state index is 13.9. The summed E-state index contributed by atoms with van der Waals surface area (Å²) in [7, 11) is -8.01. The van der Waals surface area contributed by atoms with Crippen LogP contribution < -0.4 is 18.9 Å². The number of carbonyl (C=O) groups excluding carboxylic acids is 1. The van der Waals surface area contributed by atoms with Crippen LogP contribution in [-0.2, 0) is 40.7 Å². The number of benzene rings is 2. The zero-order valence-electron chi connectivity index (χ0n) is 29.9. The normalized spacial score (nSPS) is 18.8. The lowest BCUT2D eigenvalue weighted by atomic mass is 10.0. The first-order valence-corrected chi connectivity index (χ1v) is 22.6. The quantitative estimate of drug-likeness (QED) is 0.103. The number of pyridine rings is 1. The molecular weight excluding hydrogens is 842 g/mol. The number of anilines is 1. The fourth-order valence-corrected chi connectivity index (χ4v) is 10.9. The number of thioether (sulfide) groups is 1. The van der Waals surface area contributed by atoms with Crippen molar-refractivity contribution in [2.45, 2.75) is 48.7 Å². The second kappa shape index (κ2) is 18.6. The van der Waals surface area contributed by atoms with Gasteiger partial charge >= 0.3 is 12.6 Å². The van der Waals surface area contributed by atoms with E-state index in [0.717, 1.165) is 54.4 Å². The van der Waals surface area contributed by atoms with E-state index in [-0.39, 0.29) is 80.3 Å². The van der Waals surface area contributed by atoms with E-state index in [2.05, 4.69) is 14.4 Å². The molecule has 3 aromatic rings. The van der Waals surface area contributed by atoms with Crippen LogP contribution in [0.15, 0.2) is 59.8 Å². The average molecular weight is 882 g/mol. The lowest BCUT2D eigenvalue weighted by Crippen LogP contribution is -2.40. The molecule has 3 fully saturated rings. The van der Waals surface area contributed by atoms with Gasteiger partial charge in [-0.2, -0.15) is 17.8 Å². The molecule has 0 amide bonds. The molecule has 2 saturated heterocycles. The summed E-state index contributed by atoms with van der Waals surface area (Å²) in [5.41, 5.74) is 0.687. The van der Waals surface area contributed by atoms with E-state index >= 15 is 0 Å². The van der Waals surface area contributed by atoms with Gasteiger partial charge in [-0.05, 0) is 73.7 Å². The highest BCUT2D eigenvalue weighted by atomic mass is 35.5. The monoisotopic (exact) mass is 880 g/mol. The maximum atomic E-state index is 13.9. The number of halogens is 4. The number of esters is 1. The molecule has 1 aliphatic carbocycles. The zero-order valence-corrected chi connectivity index (χ0v) is 33.8. The number of hydrogen-bond donors (Lipinski definition) is 1. The van der Waals surface area contributed by atoms with Crippen molar-refractivity contribution in [2.24, 2.45) is 5.92 Å². The van der Waals surface area contributed by atoms with Gasteiger partial charge in [0.2, 0.25) is 20.0 Å². The van der Waals surface area contributed by atoms with E-state index < -0.39 is 44.1 Å². The van der Waals surface area contributed by atoms with Crippen LogP contribution in [0.5, 0.6) is 11.5 Å². The minimum Gasteiger partial charge on any atom is -0.619 e. The van der Waals surface area contributed by atoms with Gasteiger partial charge in [-0.15, -0.1) is 11.8 Å². The fourth-order valence-electron chi connectivity index (χ4n) is 6.11. The number of rotatable bonds is 18. The Morgan fingerprint density at radius 1 is 1.02 bits per heavy atom. The van der Waals surface area contributed by atoms with Gasteiger partial charge in [0.1, 0.15) is 16.1 Å². The molecule has 3 aliphatic rings. The van der Waals surface area contributed by atoms with Crippen molar-refractivity contribution in [3.8, 4) is 11.5 Å². The minimum absolute atomic E-state index is 0.0171. The van der Waals surface area contributed by atoms with Crippen molar-refractivity contribution in [1.29, 1.82) is 0 Å². The highest BCUT2D eigenvalue weighted by Crippen LogP contribution is 2.39. The summed E-state index contributed by atoms with van der Waals surface area (Å²) in [5.74, 6) is -0.788. The predicted octanol–water partition coefficient (Wildman–Crippen LogP) is 5.07. The fraction of sp³-hybridized carbons (Fsp3) is 0.486. The summed E-state index contributed by atoms with van der Waals surface area (Å²) in [5, 5.41) is 10.6. The van der Waals surface area contributed by atoms with Crippen LogP contribution in [-0.4, -0.2) is 102 Å². The SMILES string of the molecule is O=C(O[C@@H](Cc1c(Cl)c[n+]([O-])cc1Cl)c1ccc(OC(F)F)c(OCC2CC2)c1)C1SCCN1S(=O)(=O)c1ccc(NS(=O)(=O)CCCN2CCOCC2)cc1. The molecule has 1 unspecified atom stereocenters. The van der Waals surface area contributed by atoms with E-state index in [1.54, 1.807) is 0 Å². The van der Waals surface area contributed by atoms with Crippen molar-refractivity contribution in [3.05, 3.63) is 81.2 Å². The summed E-state index contributed by atoms with van der Waals surface area (Å²) in [6.07, 6.45) is 2.99. The first-order chi connectivity index (χ1) is 26.7. The minimum atomic E-state index is -4.30. The lowest BCUT2D eigenvalue weighted by Gasteiger charge is -2.26. The highest BCUT2D eigenvalue weighted by Gasteiger charge is 2.42. The Morgan fingerprint density at radius 2 is 1.71 bits per heavy atom. The first kappa shape index (κ1) is 42.4. The van der Waals surface area contributed by atoms with E-state index in [1.165, 1.54) is 42.5 Å². The Kier molecular flexibility index (Phi) is 14.1. The van der Waals surface area contributed by atoms with Crippen LogP contribution >= 0.6 is 35.0 Å². The van der Waals surface area contributed by atoms with Crippen LogP contribution in [0.2, 0.25) is 10.0 Å². The van der Waals surface area contributed by atoms with Crippen LogP contribution in [0.1, 0.15) is 36.5 Å². The van der Waals surface area contributed by atoms with Gasteiger partial charge < -0.3 is 24.2 Å². The number of nitrogens with zero attached hydrogens (tertiary/aromatic N) is 3. The number of hydrogen-bond acceptors (Lipinski definition) is 12.